The van der Waals surface area contributed by atoms with E-state index in [9.17, 15) is 5.26 Å². The van der Waals surface area contributed by atoms with Gasteiger partial charge in [0, 0.05) is 37.2 Å². The van der Waals surface area contributed by atoms with Gasteiger partial charge in [-0.2, -0.15) is 15.2 Å². The molecule has 3 heterocycles. The van der Waals surface area contributed by atoms with Gasteiger partial charge in [0.05, 0.1) is 35.6 Å². The second-order valence-electron chi connectivity index (χ2n) is 11.9. The Bertz CT molecular complexity index is 1700. The van der Waals surface area contributed by atoms with Crippen molar-refractivity contribution in [3.63, 3.8) is 0 Å². The zero-order valence-electron chi connectivity index (χ0n) is 26.3. The van der Waals surface area contributed by atoms with Crippen LogP contribution in [0, 0.1) is 22.6 Å². The first kappa shape index (κ1) is 31.8. The molecule has 0 radical (unpaired) electrons. The van der Waals surface area contributed by atoms with E-state index in [4.69, 9.17) is 20.2 Å². The van der Waals surface area contributed by atoms with Crippen LogP contribution in [0.3, 0.4) is 0 Å². The van der Waals surface area contributed by atoms with Gasteiger partial charge in [-0.05, 0) is 62.8 Å². The van der Waals surface area contributed by atoms with Crippen LogP contribution >= 0.6 is 11.3 Å². The van der Waals surface area contributed by atoms with Gasteiger partial charge in [-0.3, -0.25) is 0 Å². The van der Waals surface area contributed by atoms with Gasteiger partial charge in [0.15, 0.2) is 5.82 Å². The van der Waals surface area contributed by atoms with Crippen LogP contribution < -0.4 is 20.7 Å². The third kappa shape index (κ3) is 5.67. The number of allylic oxidation sites excluding steroid dienone is 2. The number of benzene rings is 1. The van der Waals surface area contributed by atoms with E-state index in [0.717, 1.165) is 54.8 Å². The number of hydrogen-bond donors (Lipinski definition) is 2. The van der Waals surface area contributed by atoms with Crippen LogP contribution in [0.15, 0.2) is 11.6 Å². The van der Waals surface area contributed by atoms with E-state index in [0.29, 0.717) is 40.9 Å². The van der Waals surface area contributed by atoms with E-state index in [-0.39, 0.29) is 51.2 Å². The van der Waals surface area contributed by atoms with E-state index >= 15 is 8.78 Å². The van der Waals surface area contributed by atoms with Crippen LogP contribution in [0.25, 0.3) is 22.3 Å². The number of hydrogen-bond acceptors (Lipinski definition) is 9. The molecule has 0 spiro atoms. The maximum Gasteiger partial charge on any atom is 0.319 e. The fraction of sp³-hybridized carbons (Fsp3) is 0.485. The number of thiophene rings is 1. The Labute approximate surface area is 261 Å². The minimum absolute atomic E-state index is 0.0231. The molecule has 0 bridgehead atoms. The minimum Gasteiger partial charge on any atom is -0.463 e. The number of nitrogen functional groups attached to an aromatic ring is 1. The molecule has 2 aromatic heterocycles. The molecule has 234 valence electrons. The molecule has 5 rings (SSSR count). The Balaban J connectivity index is 1.75. The number of nitrogens with one attached hydrogen (secondary N) is 1. The fourth-order valence-electron chi connectivity index (χ4n) is 5.76. The maximum atomic E-state index is 17.2. The SMILES string of the molecule is C/C=C(/F)c1sc(N)c(C#N)c1/C(=C(\C)CC)c1c2c(c3c(N(C)C)nc(OCC4(CNCCC)CC4)nc3c1F)COC2. The highest BCUT2D eigenvalue weighted by Gasteiger charge is 2.43. The lowest BCUT2D eigenvalue weighted by Gasteiger charge is -2.22. The summed E-state index contributed by atoms with van der Waals surface area (Å²) in [7, 11) is 3.70. The molecule has 8 nitrogen and oxygen atoms in total. The van der Waals surface area contributed by atoms with Crippen LogP contribution in [-0.2, 0) is 18.0 Å². The van der Waals surface area contributed by atoms with Gasteiger partial charge in [0.25, 0.3) is 0 Å². The van der Waals surface area contributed by atoms with Crippen LogP contribution in [0.1, 0.15) is 86.1 Å². The zero-order chi connectivity index (χ0) is 31.8. The third-order valence-corrected chi connectivity index (χ3v) is 9.57. The van der Waals surface area contributed by atoms with E-state index in [2.05, 4.69) is 23.3 Å². The predicted octanol–water partition coefficient (Wildman–Crippen LogP) is 7.10. The molecule has 1 saturated carbocycles. The molecular weight excluding hydrogens is 582 g/mol. The van der Waals surface area contributed by atoms with E-state index in [1.165, 1.54) is 6.08 Å². The lowest BCUT2D eigenvalue weighted by Crippen LogP contribution is -2.29. The lowest BCUT2D eigenvalue weighted by atomic mass is 9.84. The minimum atomic E-state index is -0.589. The number of anilines is 2. The summed E-state index contributed by atoms with van der Waals surface area (Å²) in [5.41, 5.74) is 9.67. The van der Waals surface area contributed by atoms with E-state index in [1.54, 1.807) is 6.92 Å². The first-order chi connectivity index (χ1) is 21.1. The number of nitriles is 1. The average molecular weight is 623 g/mol. The average Bonchev–Trinajstić information content (AvgIpc) is 3.47. The molecule has 3 N–H and O–H groups in total. The van der Waals surface area contributed by atoms with Crippen LogP contribution in [0.4, 0.5) is 19.6 Å². The summed E-state index contributed by atoms with van der Waals surface area (Å²) in [6.45, 7) is 10.1. The van der Waals surface area contributed by atoms with Gasteiger partial charge in [-0.15, -0.1) is 11.3 Å². The van der Waals surface area contributed by atoms with Crippen LogP contribution in [-0.4, -0.2) is 43.8 Å². The van der Waals surface area contributed by atoms with E-state index in [1.807, 2.05) is 32.8 Å². The molecular formula is C33H40F2N6O2S. The van der Waals surface area contributed by atoms with Crippen molar-refractivity contribution in [1.29, 1.82) is 5.26 Å². The molecule has 0 amide bonds. The summed E-state index contributed by atoms with van der Waals surface area (Å²) >= 11 is 0.989. The molecule has 11 heteroatoms. The predicted molar refractivity (Wildman–Crippen MR) is 173 cm³/mol. The Kier molecular flexibility index (Phi) is 9.25. The Morgan fingerprint density at radius 1 is 1.23 bits per heavy atom. The maximum absolute atomic E-state index is 17.2. The van der Waals surface area contributed by atoms with Crippen LogP contribution in [0.2, 0.25) is 0 Å². The smallest absolute Gasteiger partial charge is 0.319 e. The largest absolute Gasteiger partial charge is 0.463 e. The van der Waals surface area contributed by atoms with Gasteiger partial charge in [0.1, 0.15) is 28.2 Å². The van der Waals surface area contributed by atoms with Crippen molar-refractivity contribution < 1.29 is 18.3 Å². The lowest BCUT2D eigenvalue weighted by molar-refractivity contribution is 0.134. The molecule has 0 saturated heterocycles. The van der Waals surface area contributed by atoms with E-state index < -0.39 is 11.6 Å². The highest BCUT2D eigenvalue weighted by Crippen LogP contribution is 2.49. The highest BCUT2D eigenvalue weighted by molar-refractivity contribution is 7.17. The summed E-state index contributed by atoms with van der Waals surface area (Å²) < 4.78 is 44.7. The Morgan fingerprint density at radius 2 is 1.95 bits per heavy atom. The monoisotopic (exact) mass is 622 g/mol. The normalized spacial score (nSPS) is 16.1. The zero-order valence-corrected chi connectivity index (χ0v) is 27.1. The van der Waals surface area contributed by atoms with Crippen molar-refractivity contribution in [2.45, 2.75) is 66.6 Å². The molecule has 3 aromatic rings. The molecule has 1 fully saturated rings. The third-order valence-electron chi connectivity index (χ3n) is 8.55. The summed E-state index contributed by atoms with van der Waals surface area (Å²) in [5.74, 6) is -0.584. The first-order valence-corrected chi connectivity index (χ1v) is 15.9. The van der Waals surface area contributed by atoms with Gasteiger partial charge in [-0.25, -0.2) is 8.78 Å². The standard InChI is InChI=1S/C33H40F2N6O2S/c1-7-12-38-16-33(10-11-33)17-43-32-39-28-26(31(40-32)41(5)6)21-15-42-14-20(21)24(27(28)35)23(18(4)8-2)25-19(13-36)30(37)44-29(25)22(34)9-3/h9,38H,7-8,10-12,14-17,37H2,1-6H3/b22-9+,23-18+. The first-order valence-electron chi connectivity index (χ1n) is 15.1. The summed E-state index contributed by atoms with van der Waals surface area (Å²) in [6, 6.07) is 2.25. The van der Waals surface area contributed by atoms with Crippen molar-refractivity contribution in [2.75, 3.05) is 44.4 Å². The van der Waals surface area contributed by atoms with Gasteiger partial charge < -0.3 is 25.4 Å². The molecule has 1 aliphatic carbocycles. The molecule has 2 aliphatic rings. The number of nitrogens with zero attached hydrogens (tertiary/aromatic N) is 4. The van der Waals surface area contributed by atoms with Crippen molar-refractivity contribution in [3.05, 3.63) is 50.2 Å². The van der Waals surface area contributed by atoms with Gasteiger partial charge in [-0.1, -0.05) is 25.5 Å². The molecule has 1 aliphatic heterocycles. The molecule has 0 unspecified atom stereocenters. The second-order valence-corrected chi connectivity index (χ2v) is 12.9. The molecule has 44 heavy (non-hydrogen) atoms. The number of aromatic nitrogens is 2. The van der Waals surface area contributed by atoms with Crippen LogP contribution in [0.5, 0.6) is 6.01 Å². The number of ether oxygens (including phenoxy) is 2. The topological polar surface area (TPSA) is 109 Å². The summed E-state index contributed by atoms with van der Waals surface area (Å²) in [4.78, 5) is 11.4. The van der Waals surface area contributed by atoms with Crippen molar-refractivity contribution in [3.8, 4) is 12.1 Å². The fourth-order valence-corrected chi connectivity index (χ4v) is 6.76. The number of rotatable bonds is 12. The number of fused-ring (bicyclic) bond motifs is 3. The quantitative estimate of drug-likeness (QED) is 0.206. The summed E-state index contributed by atoms with van der Waals surface area (Å²) in [5, 5.41) is 14.3. The van der Waals surface area contributed by atoms with Gasteiger partial charge >= 0.3 is 6.01 Å². The number of halogens is 2. The summed E-state index contributed by atoms with van der Waals surface area (Å²) in [6.07, 6.45) is 5.00. The molecule has 0 atom stereocenters. The Morgan fingerprint density at radius 3 is 2.57 bits per heavy atom. The number of nitrogens with two attached hydrogens (primary N) is 1. The Hall–Kier alpha value is -3.59. The second kappa shape index (κ2) is 12.8. The van der Waals surface area contributed by atoms with Crippen molar-refractivity contribution in [1.82, 2.24) is 15.3 Å². The highest BCUT2D eigenvalue weighted by atomic mass is 32.1. The van der Waals surface area contributed by atoms with Crippen molar-refractivity contribution in [2.24, 2.45) is 5.41 Å². The van der Waals surface area contributed by atoms with Gasteiger partial charge in [0.2, 0.25) is 0 Å². The van der Waals surface area contributed by atoms with Crippen molar-refractivity contribution >= 4 is 44.5 Å². The molecule has 1 aromatic carbocycles.